The van der Waals surface area contributed by atoms with Gasteiger partial charge in [-0.3, -0.25) is 4.79 Å². The quantitative estimate of drug-likeness (QED) is 0.370. The number of carbonyl (C=O) groups is 1. The number of carboxylic acids is 1. The highest BCUT2D eigenvalue weighted by atomic mass is 35.5. The van der Waals surface area contributed by atoms with Crippen LogP contribution >= 0.6 is 11.6 Å². The monoisotopic (exact) mass is 505 g/mol. The van der Waals surface area contributed by atoms with Crippen molar-refractivity contribution in [3.63, 3.8) is 0 Å². The zero-order valence-electron chi connectivity index (χ0n) is 19.6. The van der Waals surface area contributed by atoms with E-state index in [9.17, 15) is 25.2 Å². The summed E-state index contributed by atoms with van der Waals surface area (Å²) in [5.74, 6) is -3.15. The number of aliphatic hydroxyl groups is 3. The Kier molecular flexibility index (Phi) is 7.71. The summed E-state index contributed by atoms with van der Waals surface area (Å²) < 4.78 is 11.2. The van der Waals surface area contributed by atoms with E-state index in [1.54, 1.807) is 12.1 Å². The van der Waals surface area contributed by atoms with E-state index in [0.717, 1.165) is 16.9 Å². The first-order chi connectivity index (χ1) is 16.7. The summed E-state index contributed by atoms with van der Waals surface area (Å²) in [6.07, 6.45) is -1.94. The van der Waals surface area contributed by atoms with Crippen molar-refractivity contribution in [3.05, 3.63) is 64.2 Å². The molecule has 0 saturated carbocycles. The maximum atomic E-state index is 11.9. The van der Waals surface area contributed by atoms with Crippen molar-refractivity contribution in [2.75, 3.05) is 19.8 Å². The molecule has 0 spiro atoms. The predicted molar refractivity (Wildman–Crippen MR) is 130 cm³/mol. The number of rotatable bonds is 8. The van der Waals surface area contributed by atoms with Crippen LogP contribution in [0, 0.1) is 0 Å². The van der Waals surface area contributed by atoms with Crippen LogP contribution in [0.3, 0.4) is 0 Å². The van der Waals surface area contributed by atoms with Crippen molar-refractivity contribution in [2.24, 2.45) is 0 Å². The maximum Gasteiger partial charge on any atom is 0.324 e. The van der Waals surface area contributed by atoms with Crippen LogP contribution < -0.4 is 10.1 Å². The van der Waals surface area contributed by atoms with Crippen molar-refractivity contribution < 1.29 is 34.7 Å². The van der Waals surface area contributed by atoms with Gasteiger partial charge in [0.2, 0.25) is 0 Å². The van der Waals surface area contributed by atoms with E-state index in [1.165, 1.54) is 0 Å². The van der Waals surface area contributed by atoms with Gasteiger partial charge < -0.3 is 35.2 Å². The first-order valence-corrected chi connectivity index (χ1v) is 12.3. The zero-order valence-corrected chi connectivity index (χ0v) is 20.4. The molecule has 2 saturated heterocycles. The van der Waals surface area contributed by atoms with Gasteiger partial charge in [0.25, 0.3) is 0 Å². The molecule has 0 radical (unpaired) electrons. The molecule has 0 bridgehead atoms. The molecule has 35 heavy (non-hydrogen) atoms. The number of benzene rings is 2. The SMILES string of the molecule is CCOc1ccc(Cc2cc(C3COC(O)(CC4(C(=O)O)CCCN4)C(O)C3O)ccc2Cl)cc1. The van der Waals surface area contributed by atoms with Crippen LogP contribution in [-0.4, -0.2) is 69.7 Å². The molecule has 2 fully saturated rings. The molecule has 5 unspecified atom stereocenters. The zero-order chi connectivity index (χ0) is 25.2. The van der Waals surface area contributed by atoms with Gasteiger partial charge in [0.15, 0.2) is 5.79 Å². The van der Waals surface area contributed by atoms with E-state index in [4.69, 9.17) is 21.1 Å². The third-order valence-electron chi connectivity index (χ3n) is 7.05. The first-order valence-electron chi connectivity index (χ1n) is 11.9. The molecule has 9 heteroatoms. The average molecular weight is 506 g/mol. The standard InChI is InChI=1S/C26H32ClNO7/c1-2-34-19-7-4-16(5-8-19)12-18-13-17(6-9-21(18)27)20-14-35-26(33,23(30)22(20)29)15-25(24(31)32)10-3-11-28-25/h4-9,13,20,22-23,28-30,33H,2-3,10-12,14-15H2,1H3,(H,31,32). The molecule has 0 aromatic heterocycles. The van der Waals surface area contributed by atoms with Crippen LogP contribution in [0.4, 0.5) is 0 Å². The van der Waals surface area contributed by atoms with Crippen molar-refractivity contribution in [1.82, 2.24) is 5.32 Å². The van der Waals surface area contributed by atoms with Gasteiger partial charge in [0, 0.05) is 17.4 Å². The van der Waals surface area contributed by atoms with E-state index in [-0.39, 0.29) is 13.0 Å². The van der Waals surface area contributed by atoms with Gasteiger partial charge in [-0.05, 0) is 67.6 Å². The Morgan fingerprint density at radius 3 is 2.60 bits per heavy atom. The number of aliphatic hydroxyl groups excluding tert-OH is 2. The fourth-order valence-electron chi connectivity index (χ4n) is 5.05. The lowest BCUT2D eigenvalue weighted by Gasteiger charge is -2.46. The molecule has 5 atom stereocenters. The molecular weight excluding hydrogens is 474 g/mol. The smallest absolute Gasteiger partial charge is 0.324 e. The number of carboxylic acid groups (broad SMARTS) is 1. The molecule has 2 heterocycles. The molecule has 2 aliphatic rings. The summed E-state index contributed by atoms with van der Waals surface area (Å²) in [5.41, 5.74) is 1.17. The van der Waals surface area contributed by atoms with Gasteiger partial charge in [-0.15, -0.1) is 0 Å². The summed E-state index contributed by atoms with van der Waals surface area (Å²) in [4.78, 5) is 11.9. The first kappa shape index (κ1) is 25.9. The van der Waals surface area contributed by atoms with Crippen LogP contribution in [0.2, 0.25) is 5.02 Å². The second-order valence-electron chi connectivity index (χ2n) is 9.40. The highest BCUT2D eigenvalue weighted by molar-refractivity contribution is 6.31. The van der Waals surface area contributed by atoms with E-state index >= 15 is 0 Å². The number of hydrogen-bond acceptors (Lipinski definition) is 7. The van der Waals surface area contributed by atoms with E-state index in [1.807, 2.05) is 37.3 Å². The van der Waals surface area contributed by atoms with Crippen LogP contribution in [0.15, 0.2) is 42.5 Å². The normalized spacial score (nSPS) is 30.8. The Hall–Kier alpha value is -2.20. The third kappa shape index (κ3) is 5.33. The predicted octanol–water partition coefficient (Wildman–Crippen LogP) is 2.45. The molecule has 2 aromatic rings. The minimum atomic E-state index is -2.19. The summed E-state index contributed by atoms with van der Waals surface area (Å²) in [5, 5.41) is 46.0. The fraction of sp³-hybridized carbons (Fsp3) is 0.500. The maximum absolute atomic E-state index is 11.9. The second kappa shape index (κ2) is 10.4. The van der Waals surface area contributed by atoms with Crippen LogP contribution in [0.1, 0.15) is 48.8 Å². The van der Waals surface area contributed by atoms with Gasteiger partial charge in [-0.25, -0.2) is 0 Å². The fourth-order valence-corrected chi connectivity index (χ4v) is 5.24. The summed E-state index contributed by atoms with van der Waals surface area (Å²) >= 11 is 6.45. The van der Waals surface area contributed by atoms with E-state index in [2.05, 4.69) is 5.32 Å². The molecule has 8 nitrogen and oxygen atoms in total. The minimum Gasteiger partial charge on any atom is -0.494 e. The van der Waals surface area contributed by atoms with Crippen molar-refractivity contribution >= 4 is 17.6 Å². The molecule has 190 valence electrons. The van der Waals surface area contributed by atoms with Crippen LogP contribution in [0.5, 0.6) is 5.75 Å². The minimum absolute atomic E-state index is 0.0887. The highest BCUT2D eigenvalue weighted by Gasteiger charge is 2.56. The molecule has 2 aromatic carbocycles. The van der Waals surface area contributed by atoms with Crippen LogP contribution in [0.25, 0.3) is 0 Å². The highest BCUT2D eigenvalue weighted by Crippen LogP contribution is 2.40. The van der Waals surface area contributed by atoms with Gasteiger partial charge in [-0.1, -0.05) is 35.9 Å². The van der Waals surface area contributed by atoms with Crippen molar-refractivity contribution in [1.29, 1.82) is 0 Å². The number of aliphatic carboxylic acids is 1. The number of halogens is 1. The van der Waals surface area contributed by atoms with Gasteiger partial charge in [-0.2, -0.15) is 0 Å². The van der Waals surface area contributed by atoms with Crippen molar-refractivity contribution in [2.45, 2.75) is 62.1 Å². The Morgan fingerprint density at radius 2 is 1.97 bits per heavy atom. The number of ether oxygens (including phenoxy) is 2. The van der Waals surface area contributed by atoms with Crippen molar-refractivity contribution in [3.8, 4) is 5.75 Å². The number of nitrogens with one attached hydrogen (secondary N) is 1. The lowest BCUT2D eigenvalue weighted by atomic mass is 9.79. The van der Waals surface area contributed by atoms with Crippen LogP contribution in [-0.2, 0) is 16.0 Å². The summed E-state index contributed by atoms with van der Waals surface area (Å²) in [6.45, 7) is 2.92. The number of hydrogen-bond donors (Lipinski definition) is 5. The Balaban J connectivity index is 1.50. The summed E-state index contributed by atoms with van der Waals surface area (Å²) in [6, 6.07) is 13.1. The van der Waals surface area contributed by atoms with E-state index in [0.29, 0.717) is 43.0 Å². The molecule has 5 N–H and O–H groups in total. The summed E-state index contributed by atoms with van der Waals surface area (Å²) in [7, 11) is 0. The molecular formula is C26H32ClNO7. The molecule has 0 aliphatic carbocycles. The lowest BCUT2D eigenvalue weighted by molar-refractivity contribution is -0.312. The average Bonchev–Trinajstić information content (AvgIpc) is 3.30. The Morgan fingerprint density at radius 1 is 1.23 bits per heavy atom. The third-order valence-corrected chi connectivity index (χ3v) is 7.41. The second-order valence-corrected chi connectivity index (χ2v) is 9.80. The van der Waals surface area contributed by atoms with Gasteiger partial charge in [0.1, 0.15) is 17.4 Å². The molecule has 0 amide bonds. The molecule has 2 aliphatic heterocycles. The largest absolute Gasteiger partial charge is 0.494 e. The van der Waals surface area contributed by atoms with E-state index < -0.39 is 35.4 Å². The molecule has 4 rings (SSSR count). The topological polar surface area (TPSA) is 128 Å². The Labute approximate surface area is 209 Å². The van der Waals surface area contributed by atoms with Gasteiger partial charge >= 0.3 is 5.97 Å². The Bertz CT molecular complexity index is 1040. The van der Waals surface area contributed by atoms with Gasteiger partial charge in [0.05, 0.1) is 19.3 Å². The lowest BCUT2D eigenvalue weighted by Crippen LogP contribution is -2.63.